The highest BCUT2D eigenvalue weighted by Crippen LogP contribution is 2.22. The molecule has 0 aliphatic rings. The van der Waals surface area contributed by atoms with Gasteiger partial charge < -0.3 is 18.8 Å². The molecule has 0 aliphatic heterocycles. The predicted molar refractivity (Wildman–Crippen MR) is 114 cm³/mol. The van der Waals surface area contributed by atoms with Crippen molar-refractivity contribution in [2.24, 2.45) is 4.40 Å². The molecule has 0 aliphatic carbocycles. The van der Waals surface area contributed by atoms with Gasteiger partial charge in [0.15, 0.2) is 0 Å². The van der Waals surface area contributed by atoms with Crippen molar-refractivity contribution >= 4 is 43.5 Å². The van der Waals surface area contributed by atoms with Crippen LogP contribution < -0.4 is 9.54 Å². The van der Waals surface area contributed by atoms with Gasteiger partial charge >= 0.3 is 11.9 Å². The van der Waals surface area contributed by atoms with E-state index < -0.39 is 22.0 Å². The zero-order chi connectivity index (χ0) is 22.6. The number of rotatable bonds is 7. The minimum atomic E-state index is -4.07. The highest BCUT2D eigenvalue weighted by atomic mass is 32.2. The van der Waals surface area contributed by atoms with Crippen LogP contribution in [0, 0.1) is 0 Å². The first-order valence-corrected chi connectivity index (χ1v) is 11.4. The van der Waals surface area contributed by atoms with Gasteiger partial charge in [0, 0.05) is 0 Å². The lowest BCUT2D eigenvalue weighted by Crippen LogP contribution is -2.23. The Morgan fingerprint density at radius 2 is 1.81 bits per heavy atom. The van der Waals surface area contributed by atoms with Crippen molar-refractivity contribution in [1.82, 2.24) is 4.57 Å². The van der Waals surface area contributed by atoms with Gasteiger partial charge in [-0.15, -0.1) is 4.40 Å². The van der Waals surface area contributed by atoms with Gasteiger partial charge in [0.05, 0.1) is 41.5 Å². The van der Waals surface area contributed by atoms with Crippen LogP contribution in [0.25, 0.3) is 10.2 Å². The first-order valence-electron chi connectivity index (χ1n) is 9.11. The van der Waals surface area contributed by atoms with Gasteiger partial charge in [-0.1, -0.05) is 11.3 Å². The van der Waals surface area contributed by atoms with Crippen LogP contribution in [-0.4, -0.2) is 45.7 Å². The monoisotopic (exact) mass is 464 g/mol. The Morgan fingerprint density at radius 1 is 1.10 bits per heavy atom. The maximum Gasteiger partial charge on any atom is 0.337 e. The second kappa shape index (κ2) is 9.31. The molecule has 0 spiro atoms. The van der Waals surface area contributed by atoms with E-state index in [9.17, 15) is 18.0 Å². The summed E-state index contributed by atoms with van der Waals surface area (Å²) in [7, 11) is -1.33. The number of carbonyl (C=O) groups is 2. The van der Waals surface area contributed by atoms with Gasteiger partial charge in [-0.25, -0.2) is 4.79 Å². The predicted octanol–water partition coefficient (Wildman–Crippen LogP) is 2.35. The highest BCUT2D eigenvalue weighted by molar-refractivity contribution is 7.90. The van der Waals surface area contributed by atoms with E-state index in [0.717, 1.165) is 11.3 Å². The Labute approximate surface area is 182 Å². The maximum absolute atomic E-state index is 12.9. The van der Waals surface area contributed by atoms with Crippen LogP contribution in [0.2, 0.25) is 0 Å². The molecule has 0 N–H and O–H groups in total. The number of methoxy groups -OCH3 is 2. The van der Waals surface area contributed by atoms with Crippen molar-refractivity contribution in [2.75, 3.05) is 20.8 Å². The summed E-state index contributed by atoms with van der Waals surface area (Å²) >= 11 is 1.03. The molecule has 1 aromatic heterocycles. The number of fused-ring (bicyclic) bond motifs is 1. The number of esters is 2. The lowest BCUT2D eigenvalue weighted by Gasteiger charge is -2.06. The summed E-state index contributed by atoms with van der Waals surface area (Å²) in [5, 5.41) is 0. The molecule has 0 unspecified atom stereocenters. The number of hydrogen-bond acceptors (Lipinski definition) is 8. The van der Waals surface area contributed by atoms with Gasteiger partial charge in [-0.05, 0) is 49.4 Å². The highest BCUT2D eigenvalue weighted by Gasteiger charge is 2.18. The number of thiazole rings is 1. The van der Waals surface area contributed by atoms with E-state index in [1.165, 1.54) is 49.1 Å². The van der Waals surface area contributed by atoms with Crippen LogP contribution in [0.5, 0.6) is 5.75 Å². The van der Waals surface area contributed by atoms with Crippen LogP contribution in [0.1, 0.15) is 17.3 Å². The van der Waals surface area contributed by atoms with Crippen LogP contribution in [0.15, 0.2) is 51.8 Å². The molecule has 31 heavy (non-hydrogen) atoms. The van der Waals surface area contributed by atoms with Gasteiger partial charge in [-0.3, -0.25) is 4.79 Å². The Morgan fingerprint density at radius 3 is 2.42 bits per heavy atom. The quantitative estimate of drug-likeness (QED) is 0.493. The summed E-state index contributed by atoms with van der Waals surface area (Å²) in [4.78, 5) is 24.0. The number of sulfonamides is 1. The molecule has 3 rings (SSSR count). The van der Waals surface area contributed by atoms with Crippen LogP contribution in [-0.2, 0) is 30.8 Å². The average Bonchev–Trinajstić information content (AvgIpc) is 3.08. The second-order valence-electron chi connectivity index (χ2n) is 6.19. The third-order valence-electron chi connectivity index (χ3n) is 4.25. The zero-order valence-electron chi connectivity index (χ0n) is 17.0. The number of aromatic nitrogens is 1. The molecule has 164 valence electrons. The Hall–Kier alpha value is -3.18. The van der Waals surface area contributed by atoms with Crippen molar-refractivity contribution in [3.05, 3.63) is 52.8 Å². The Kier molecular flexibility index (Phi) is 6.76. The molecular weight excluding hydrogens is 444 g/mol. The fourth-order valence-electron chi connectivity index (χ4n) is 2.78. The van der Waals surface area contributed by atoms with Gasteiger partial charge in [-0.2, -0.15) is 8.42 Å². The largest absolute Gasteiger partial charge is 0.497 e. The Balaban J connectivity index is 2.17. The molecule has 0 radical (unpaired) electrons. The van der Waals surface area contributed by atoms with Gasteiger partial charge in [0.2, 0.25) is 4.80 Å². The van der Waals surface area contributed by atoms with E-state index in [2.05, 4.69) is 4.40 Å². The van der Waals surface area contributed by atoms with Crippen molar-refractivity contribution < 1.29 is 32.2 Å². The third kappa shape index (κ3) is 4.94. The third-order valence-corrected chi connectivity index (χ3v) is 6.69. The summed E-state index contributed by atoms with van der Waals surface area (Å²) < 4.78 is 46.5. The molecule has 0 saturated heterocycles. The van der Waals surface area contributed by atoms with E-state index in [4.69, 9.17) is 14.2 Å². The van der Waals surface area contributed by atoms with Gasteiger partial charge in [0.1, 0.15) is 12.3 Å². The molecular formula is C20H20N2O7S2. The SMILES string of the molecule is CCOC(=O)Cn1/c(=N/S(=O)(=O)c2ccc(OC)cc2)sc2cc(C(=O)OC)ccc21. The molecule has 9 nitrogen and oxygen atoms in total. The van der Waals surface area contributed by atoms with Crippen molar-refractivity contribution in [3.8, 4) is 5.75 Å². The van der Waals surface area contributed by atoms with E-state index in [1.54, 1.807) is 19.1 Å². The number of benzene rings is 2. The summed E-state index contributed by atoms with van der Waals surface area (Å²) in [5.41, 5.74) is 0.832. The zero-order valence-corrected chi connectivity index (χ0v) is 18.7. The summed E-state index contributed by atoms with van der Waals surface area (Å²) in [6, 6.07) is 10.5. The molecule has 2 aromatic carbocycles. The van der Waals surface area contributed by atoms with Crippen LogP contribution >= 0.6 is 11.3 Å². The van der Waals surface area contributed by atoms with Crippen molar-refractivity contribution in [1.29, 1.82) is 0 Å². The standard InChI is InChI=1S/C20H20N2O7S2/c1-4-29-18(23)12-22-16-10-5-13(19(24)28-3)11-17(16)30-20(22)21-31(25,26)15-8-6-14(27-2)7-9-15/h5-11H,4,12H2,1-3H3/b21-20-. The smallest absolute Gasteiger partial charge is 0.337 e. The summed E-state index contributed by atoms with van der Waals surface area (Å²) in [6.45, 7) is 1.63. The Bertz CT molecular complexity index is 1290. The molecule has 3 aromatic rings. The molecule has 0 amide bonds. The van der Waals surface area contributed by atoms with E-state index in [-0.39, 0.29) is 22.8 Å². The summed E-state index contributed by atoms with van der Waals surface area (Å²) in [5.74, 6) is -0.562. The fourth-order valence-corrected chi connectivity index (χ4v) is 5.05. The fraction of sp³-hybridized carbons (Fsp3) is 0.250. The van der Waals surface area contributed by atoms with Crippen molar-refractivity contribution in [3.63, 3.8) is 0 Å². The normalized spacial score (nSPS) is 12.0. The van der Waals surface area contributed by atoms with E-state index in [0.29, 0.717) is 21.5 Å². The first kappa shape index (κ1) is 22.5. The summed E-state index contributed by atoms with van der Waals surface area (Å²) in [6.07, 6.45) is 0. The number of ether oxygens (including phenoxy) is 3. The van der Waals surface area contributed by atoms with Gasteiger partial charge in [0.25, 0.3) is 10.0 Å². The van der Waals surface area contributed by atoms with E-state index in [1.807, 2.05) is 0 Å². The molecule has 11 heteroatoms. The second-order valence-corrected chi connectivity index (χ2v) is 8.80. The van der Waals surface area contributed by atoms with Crippen molar-refractivity contribution in [2.45, 2.75) is 18.4 Å². The molecule has 1 heterocycles. The van der Waals surface area contributed by atoms with Crippen LogP contribution in [0.4, 0.5) is 0 Å². The maximum atomic E-state index is 12.9. The van der Waals surface area contributed by atoms with Crippen LogP contribution in [0.3, 0.4) is 0 Å². The lowest BCUT2D eigenvalue weighted by molar-refractivity contribution is -0.143. The first-order chi connectivity index (χ1) is 14.8. The molecule has 0 bridgehead atoms. The molecule has 0 fully saturated rings. The number of nitrogens with zero attached hydrogens (tertiary/aromatic N) is 2. The minimum Gasteiger partial charge on any atom is -0.497 e. The molecule has 0 saturated carbocycles. The lowest BCUT2D eigenvalue weighted by atomic mass is 10.2. The number of hydrogen-bond donors (Lipinski definition) is 0. The minimum absolute atomic E-state index is 0.0244. The molecule has 0 atom stereocenters. The topological polar surface area (TPSA) is 113 Å². The van der Waals surface area contributed by atoms with E-state index >= 15 is 0 Å². The number of carbonyl (C=O) groups excluding carboxylic acids is 2. The average molecular weight is 465 g/mol.